The Labute approximate surface area is 119 Å². The van der Waals surface area contributed by atoms with Gasteiger partial charge in [-0.05, 0) is 6.42 Å². The maximum Gasteiger partial charge on any atom is 0.187 e. The second-order valence-electron chi connectivity index (χ2n) is 5.10. The summed E-state index contributed by atoms with van der Waals surface area (Å²) in [5, 5.41) is 38.3. The highest BCUT2D eigenvalue weighted by atomic mass is 16.7. The topological polar surface area (TPSA) is 99.4 Å². The molecule has 1 heterocycles. The van der Waals surface area contributed by atoms with E-state index in [9.17, 15) is 15.3 Å². The van der Waals surface area contributed by atoms with Crippen LogP contribution in [0.15, 0.2) is 12.7 Å². The summed E-state index contributed by atoms with van der Waals surface area (Å²) in [4.78, 5) is 0. The summed E-state index contributed by atoms with van der Waals surface area (Å²) in [6.45, 7) is 5.32. The second kappa shape index (κ2) is 8.71. The summed E-state index contributed by atoms with van der Waals surface area (Å²) in [6.07, 6.45) is -0.983. The zero-order valence-electron chi connectivity index (χ0n) is 11.9. The van der Waals surface area contributed by atoms with Crippen LogP contribution in [0.25, 0.3) is 0 Å². The lowest BCUT2D eigenvalue weighted by Gasteiger charge is -2.40. The van der Waals surface area contributed by atoms with Gasteiger partial charge in [0.25, 0.3) is 0 Å². The van der Waals surface area contributed by atoms with Crippen molar-refractivity contribution in [2.24, 2.45) is 0 Å². The van der Waals surface area contributed by atoms with Gasteiger partial charge in [-0.25, -0.2) is 0 Å². The molecule has 1 aliphatic heterocycles. The van der Waals surface area contributed by atoms with Crippen LogP contribution < -0.4 is 0 Å². The summed E-state index contributed by atoms with van der Waals surface area (Å²) in [5.41, 5.74) is 0. The summed E-state index contributed by atoms with van der Waals surface area (Å²) in [6, 6.07) is 0. The molecule has 6 nitrogen and oxygen atoms in total. The van der Waals surface area contributed by atoms with Gasteiger partial charge in [0.2, 0.25) is 0 Å². The fourth-order valence-electron chi connectivity index (χ4n) is 2.19. The quantitative estimate of drug-likeness (QED) is 0.369. The fourth-order valence-corrected chi connectivity index (χ4v) is 2.19. The van der Waals surface area contributed by atoms with E-state index in [2.05, 4.69) is 13.5 Å². The lowest BCUT2D eigenvalue weighted by molar-refractivity contribution is -0.307. The van der Waals surface area contributed by atoms with Gasteiger partial charge in [-0.1, -0.05) is 32.3 Å². The number of rotatable bonds is 8. The van der Waals surface area contributed by atoms with Crippen LogP contribution >= 0.6 is 0 Å². The molecule has 6 unspecified atom stereocenters. The Morgan fingerprint density at radius 2 is 1.90 bits per heavy atom. The summed E-state index contributed by atoms with van der Waals surface area (Å²) >= 11 is 0. The molecule has 0 radical (unpaired) electrons. The van der Waals surface area contributed by atoms with Crippen molar-refractivity contribution in [3.05, 3.63) is 12.7 Å². The van der Waals surface area contributed by atoms with Crippen LogP contribution in [0.4, 0.5) is 0 Å². The highest BCUT2D eigenvalue weighted by molar-refractivity contribution is 4.90. The Hall–Kier alpha value is -0.500. The molecular formula is C14H26O6. The average Bonchev–Trinajstić information content (AvgIpc) is 2.46. The normalized spacial score (nSPS) is 35.8. The highest BCUT2D eigenvalue weighted by Gasteiger charge is 2.44. The lowest BCUT2D eigenvalue weighted by Crippen LogP contribution is -2.59. The van der Waals surface area contributed by atoms with Crippen LogP contribution in [-0.4, -0.2) is 63.8 Å². The molecule has 118 valence electrons. The van der Waals surface area contributed by atoms with E-state index in [4.69, 9.17) is 14.6 Å². The first kappa shape index (κ1) is 17.6. The van der Waals surface area contributed by atoms with Crippen molar-refractivity contribution < 1.29 is 29.9 Å². The van der Waals surface area contributed by atoms with Crippen molar-refractivity contribution in [1.29, 1.82) is 0 Å². The van der Waals surface area contributed by atoms with Crippen molar-refractivity contribution in [3.63, 3.8) is 0 Å². The smallest absolute Gasteiger partial charge is 0.187 e. The number of ether oxygens (including phenoxy) is 2. The Bertz CT molecular complexity index is 283. The van der Waals surface area contributed by atoms with Crippen LogP contribution in [0.2, 0.25) is 0 Å². The van der Waals surface area contributed by atoms with Crippen LogP contribution in [0.5, 0.6) is 0 Å². The molecule has 1 rings (SSSR count). The summed E-state index contributed by atoms with van der Waals surface area (Å²) in [5.74, 6) is 0. The largest absolute Gasteiger partial charge is 0.394 e. The molecule has 0 aromatic carbocycles. The highest BCUT2D eigenvalue weighted by Crippen LogP contribution is 2.24. The van der Waals surface area contributed by atoms with E-state index >= 15 is 0 Å². The first-order valence-corrected chi connectivity index (χ1v) is 7.13. The molecule has 0 saturated carbocycles. The third kappa shape index (κ3) is 4.51. The molecule has 0 aromatic rings. The molecular weight excluding hydrogens is 264 g/mol. The number of aliphatic hydroxyl groups is 4. The van der Waals surface area contributed by atoms with Crippen LogP contribution in [0.1, 0.15) is 32.6 Å². The number of aliphatic hydroxyl groups excluding tert-OH is 4. The standard InChI is InChI=1S/C14H26O6/c1-3-5-6-7-9(4-2)19-14-13(18)12(17)11(16)10(8-15)20-14/h4,9-18H,2-3,5-8H2,1H3. The van der Waals surface area contributed by atoms with Gasteiger partial charge in [-0.3, -0.25) is 0 Å². The zero-order valence-corrected chi connectivity index (χ0v) is 11.9. The lowest BCUT2D eigenvalue weighted by atomic mass is 9.99. The van der Waals surface area contributed by atoms with E-state index in [0.717, 1.165) is 25.7 Å². The van der Waals surface area contributed by atoms with Crippen LogP contribution in [0.3, 0.4) is 0 Å². The van der Waals surface area contributed by atoms with E-state index in [1.54, 1.807) is 6.08 Å². The molecule has 4 N–H and O–H groups in total. The molecule has 0 bridgehead atoms. The first-order valence-electron chi connectivity index (χ1n) is 7.13. The van der Waals surface area contributed by atoms with Gasteiger partial charge in [0.15, 0.2) is 6.29 Å². The second-order valence-corrected chi connectivity index (χ2v) is 5.10. The van der Waals surface area contributed by atoms with Crippen molar-refractivity contribution in [2.75, 3.05) is 6.61 Å². The van der Waals surface area contributed by atoms with Crippen LogP contribution in [0, 0.1) is 0 Å². The van der Waals surface area contributed by atoms with Crippen molar-refractivity contribution in [2.45, 2.75) is 69.4 Å². The van der Waals surface area contributed by atoms with Crippen molar-refractivity contribution in [3.8, 4) is 0 Å². The van der Waals surface area contributed by atoms with Crippen molar-refractivity contribution in [1.82, 2.24) is 0 Å². The Balaban J connectivity index is 2.57. The average molecular weight is 290 g/mol. The molecule has 0 aromatic heterocycles. The van der Waals surface area contributed by atoms with Crippen LogP contribution in [-0.2, 0) is 9.47 Å². The minimum absolute atomic E-state index is 0.303. The monoisotopic (exact) mass is 290 g/mol. The molecule has 0 spiro atoms. The van der Waals surface area contributed by atoms with Gasteiger partial charge in [0.05, 0.1) is 12.7 Å². The molecule has 1 saturated heterocycles. The van der Waals surface area contributed by atoms with E-state index in [0.29, 0.717) is 0 Å². The minimum atomic E-state index is -1.41. The Morgan fingerprint density at radius 1 is 1.20 bits per heavy atom. The Kier molecular flexibility index (Phi) is 7.65. The molecule has 6 heteroatoms. The minimum Gasteiger partial charge on any atom is -0.394 e. The van der Waals surface area contributed by atoms with Crippen molar-refractivity contribution >= 4 is 0 Å². The maximum atomic E-state index is 9.86. The maximum absolute atomic E-state index is 9.86. The van der Waals surface area contributed by atoms with E-state index in [1.165, 1.54) is 0 Å². The third-order valence-corrected chi connectivity index (χ3v) is 3.51. The molecule has 6 atom stereocenters. The van der Waals surface area contributed by atoms with Gasteiger partial charge in [0, 0.05) is 0 Å². The molecule has 1 aliphatic rings. The van der Waals surface area contributed by atoms with Gasteiger partial charge < -0.3 is 29.9 Å². The molecule has 0 amide bonds. The van der Waals surface area contributed by atoms with E-state index in [-0.39, 0.29) is 6.10 Å². The van der Waals surface area contributed by atoms with Gasteiger partial charge >= 0.3 is 0 Å². The van der Waals surface area contributed by atoms with E-state index < -0.39 is 37.3 Å². The first-order chi connectivity index (χ1) is 9.54. The molecule has 0 aliphatic carbocycles. The van der Waals surface area contributed by atoms with Gasteiger partial charge in [-0.15, -0.1) is 6.58 Å². The fraction of sp³-hybridized carbons (Fsp3) is 0.857. The number of hydrogen-bond donors (Lipinski definition) is 4. The molecule has 1 fully saturated rings. The predicted octanol–water partition coefficient (Wildman–Crippen LogP) is -0.0622. The number of hydrogen-bond acceptors (Lipinski definition) is 6. The number of unbranched alkanes of at least 4 members (excludes halogenated alkanes) is 2. The summed E-state index contributed by atoms with van der Waals surface area (Å²) in [7, 11) is 0. The predicted molar refractivity (Wildman–Crippen MR) is 73.0 cm³/mol. The van der Waals surface area contributed by atoms with Gasteiger partial charge in [-0.2, -0.15) is 0 Å². The zero-order chi connectivity index (χ0) is 15.1. The molecule has 20 heavy (non-hydrogen) atoms. The van der Waals surface area contributed by atoms with E-state index in [1.807, 2.05) is 0 Å². The summed E-state index contributed by atoms with van der Waals surface area (Å²) < 4.78 is 10.9. The SMILES string of the molecule is C=CC(CCCCC)OC1OC(CO)C(O)C(O)C1O. The third-order valence-electron chi connectivity index (χ3n) is 3.51. The Morgan fingerprint density at radius 3 is 2.45 bits per heavy atom. The van der Waals surface area contributed by atoms with Gasteiger partial charge in [0.1, 0.15) is 24.4 Å².